The number of rotatable bonds is 4. The van der Waals surface area contributed by atoms with E-state index in [0.717, 1.165) is 27.1 Å². The van der Waals surface area contributed by atoms with Gasteiger partial charge in [-0.3, -0.25) is 9.59 Å². The van der Waals surface area contributed by atoms with E-state index in [0.29, 0.717) is 0 Å². The summed E-state index contributed by atoms with van der Waals surface area (Å²) in [5.74, 6) is -4.06. The fourth-order valence-corrected chi connectivity index (χ4v) is 2.71. The number of benzene rings is 3. The molecule has 2 N–H and O–H groups in total. The van der Waals surface area contributed by atoms with Gasteiger partial charge in [0.25, 0.3) is 0 Å². The van der Waals surface area contributed by atoms with E-state index in [1.807, 2.05) is 48.5 Å². The molecule has 4 heteroatoms. The molecular weight excluding hydrogens is 280 g/mol. The number of carboxylic acid groups (broad SMARTS) is 2. The molecule has 110 valence electrons. The summed E-state index contributed by atoms with van der Waals surface area (Å²) >= 11 is 0. The van der Waals surface area contributed by atoms with Crippen LogP contribution in [0.4, 0.5) is 0 Å². The third kappa shape index (κ3) is 2.51. The van der Waals surface area contributed by atoms with Crippen molar-refractivity contribution in [2.75, 3.05) is 0 Å². The minimum atomic E-state index is -1.43. The van der Waals surface area contributed by atoms with Crippen LogP contribution in [0.2, 0.25) is 0 Å². The lowest BCUT2D eigenvalue weighted by Gasteiger charge is -2.11. The van der Waals surface area contributed by atoms with Gasteiger partial charge in [0.2, 0.25) is 0 Å². The van der Waals surface area contributed by atoms with E-state index in [-0.39, 0.29) is 6.42 Å². The number of carbonyl (C=O) groups is 2. The number of aliphatic carboxylic acids is 2. The topological polar surface area (TPSA) is 74.6 Å². The first kappa shape index (κ1) is 14.1. The first-order valence-corrected chi connectivity index (χ1v) is 6.92. The van der Waals surface area contributed by atoms with Gasteiger partial charge >= 0.3 is 11.9 Å². The maximum atomic E-state index is 11.1. The summed E-state index contributed by atoms with van der Waals surface area (Å²) in [5, 5.41) is 22.2. The smallest absolute Gasteiger partial charge is 0.318 e. The molecule has 3 rings (SSSR count). The van der Waals surface area contributed by atoms with Crippen molar-refractivity contribution >= 4 is 33.5 Å². The molecule has 0 aromatic heterocycles. The molecule has 0 heterocycles. The lowest BCUT2D eigenvalue weighted by Crippen LogP contribution is -2.25. The molecule has 0 unspecified atom stereocenters. The lowest BCUT2D eigenvalue weighted by atomic mass is 9.93. The second kappa shape index (κ2) is 5.48. The minimum Gasteiger partial charge on any atom is -0.481 e. The van der Waals surface area contributed by atoms with E-state index in [4.69, 9.17) is 10.2 Å². The maximum Gasteiger partial charge on any atom is 0.318 e. The van der Waals surface area contributed by atoms with Crippen molar-refractivity contribution in [1.82, 2.24) is 0 Å². The van der Waals surface area contributed by atoms with Crippen LogP contribution in [0.25, 0.3) is 21.5 Å². The predicted molar refractivity (Wildman–Crippen MR) is 83.9 cm³/mol. The Morgan fingerprint density at radius 1 is 0.818 bits per heavy atom. The van der Waals surface area contributed by atoms with Crippen LogP contribution >= 0.6 is 0 Å². The zero-order valence-corrected chi connectivity index (χ0v) is 11.7. The van der Waals surface area contributed by atoms with Gasteiger partial charge in [-0.1, -0.05) is 42.5 Å². The van der Waals surface area contributed by atoms with Gasteiger partial charge in [0.05, 0.1) is 0 Å². The van der Waals surface area contributed by atoms with Crippen LogP contribution in [-0.4, -0.2) is 22.2 Å². The summed E-state index contributed by atoms with van der Waals surface area (Å²) in [7, 11) is 0. The van der Waals surface area contributed by atoms with Crippen LogP contribution in [0.5, 0.6) is 0 Å². The Hall–Kier alpha value is -2.88. The number of carboxylic acids is 2. The molecule has 4 nitrogen and oxygen atoms in total. The maximum absolute atomic E-state index is 11.1. The zero-order chi connectivity index (χ0) is 15.7. The molecule has 0 atom stereocenters. The van der Waals surface area contributed by atoms with Crippen LogP contribution in [0.15, 0.2) is 54.6 Å². The van der Waals surface area contributed by atoms with Gasteiger partial charge in [-0.25, -0.2) is 0 Å². The van der Waals surface area contributed by atoms with Crippen molar-refractivity contribution in [3.63, 3.8) is 0 Å². The highest BCUT2D eigenvalue weighted by atomic mass is 16.4. The molecule has 0 fully saturated rings. The largest absolute Gasteiger partial charge is 0.481 e. The van der Waals surface area contributed by atoms with E-state index in [1.165, 1.54) is 0 Å². The highest BCUT2D eigenvalue weighted by Gasteiger charge is 2.26. The average Bonchev–Trinajstić information content (AvgIpc) is 2.50. The Balaban J connectivity index is 2.15. The van der Waals surface area contributed by atoms with E-state index in [2.05, 4.69) is 0 Å². The van der Waals surface area contributed by atoms with Gasteiger partial charge in [-0.15, -0.1) is 0 Å². The second-order valence-corrected chi connectivity index (χ2v) is 5.27. The predicted octanol–water partition coefficient (Wildman–Crippen LogP) is 3.32. The Labute approximate surface area is 126 Å². The summed E-state index contributed by atoms with van der Waals surface area (Å²) in [6.07, 6.45) is -0.0274. The van der Waals surface area contributed by atoms with E-state index < -0.39 is 17.9 Å². The third-order valence-electron chi connectivity index (χ3n) is 3.86. The van der Waals surface area contributed by atoms with E-state index >= 15 is 0 Å². The van der Waals surface area contributed by atoms with Crippen molar-refractivity contribution in [3.8, 4) is 0 Å². The van der Waals surface area contributed by atoms with Crippen LogP contribution < -0.4 is 0 Å². The molecule has 0 radical (unpaired) electrons. The van der Waals surface area contributed by atoms with Gasteiger partial charge in [0.15, 0.2) is 5.92 Å². The molecule has 22 heavy (non-hydrogen) atoms. The molecule has 0 saturated heterocycles. The van der Waals surface area contributed by atoms with Gasteiger partial charge in [-0.05, 0) is 45.7 Å². The quantitative estimate of drug-likeness (QED) is 0.572. The highest BCUT2D eigenvalue weighted by molar-refractivity contribution is 6.00. The normalized spacial score (nSPS) is 11.1. The number of hydrogen-bond acceptors (Lipinski definition) is 2. The summed E-state index contributed by atoms with van der Waals surface area (Å²) in [6.45, 7) is 0. The van der Waals surface area contributed by atoms with Crippen LogP contribution in [-0.2, 0) is 16.0 Å². The molecule has 0 saturated carbocycles. The lowest BCUT2D eigenvalue weighted by molar-refractivity contribution is -0.154. The fourth-order valence-electron chi connectivity index (χ4n) is 2.71. The summed E-state index contributed by atoms with van der Waals surface area (Å²) < 4.78 is 0. The Bertz CT molecular complexity index is 869. The van der Waals surface area contributed by atoms with Crippen LogP contribution in [0, 0.1) is 5.92 Å². The fraction of sp³-hybridized carbons (Fsp3) is 0.111. The molecule has 0 bridgehead atoms. The molecule has 0 aliphatic rings. The minimum absolute atomic E-state index is 0.0274. The van der Waals surface area contributed by atoms with E-state index in [9.17, 15) is 9.59 Å². The Morgan fingerprint density at radius 2 is 1.41 bits per heavy atom. The summed E-state index contributed by atoms with van der Waals surface area (Å²) in [5.41, 5.74) is 0.734. The number of hydrogen-bond donors (Lipinski definition) is 2. The molecule has 0 aliphatic carbocycles. The molecule has 0 aliphatic heterocycles. The summed E-state index contributed by atoms with van der Waals surface area (Å²) in [4.78, 5) is 22.2. The first-order chi connectivity index (χ1) is 10.6. The standard InChI is InChI=1S/C18H14O4/c19-17(20)16(18(21)22)10-14-7-3-6-13-8-11-4-1-2-5-12(11)9-15(13)14/h1-9,16H,10H2,(H,19,20)(H,21,22). The summed E-state index contributed by atoms with van der Waals surface area (Å²) in [6, 6.07) is 17.5. The monoisotopic (exact) mass is 294 g/mol. The second-order valence-electron chi connectivity index (χ2n) is 5.27. The Kier molecular flexibility index (Phi) is 3.51. The van der Waals surface area contributed by atoms with Crippen LogP contribution in [0.3, 0.4) is 0 Å². The SMILES string of the molecule is O=C(O)C(Cc1cccc2cc3ccccc3cc12)C(=O)O. The van der Waals surface area contributed by atoms with Crippen molar-refractivity contribution in [2.45, 2.75) is 6.42 Å². The van der Waals surface area contributed by atoms with Crippen molar-refractivity contribution in [2.24, 2.45) is 5.92 Å². The van der Waals surface area contributed by atoms with Gasteiger partial charge in [0, 0.05) is 0 Å². The molecule has 3 aromatic rings. The van der Waals surface area contributed by atoms with E-state index in [1.54, 1.807) is 6.07 Å². The average molecular weight is 294 g/mol. The van der Waals surface area contributed by atoms with Crippen molar-refractivity contribution < 1.29 is 19.8 Å². The first-order valence-electron chi connectivity index (χ1n) is 6.92. The molecule has 3 aromatic carbocycles. The van der Waals surface area contributed by atoms with Crippen LogP contribution in [0.1, 0.15) is 5.56 Å². The van der Waals surface area contributed by atoms with Gasteiger partial charge in [0.1, 0.15) is 0 Å². The number of fused-ring (bicyclic) bond motifs is 2. The van der Waals surface area contributed by atoms with Gasteiger partial charge in [-0.2, -0.15) is 0 Å². The zero-order valence-electron chi connectivity index (χ0n) is 11.7. The van der Waals surface area contributed by atoms with Gasteiger partial charge < -0.3 is 10.2 Å². The van der Waals surface area contributed by atoms with Crippen molar-refractivity contribution in [3.05, 3.63) is 60.2 Å². The highest BCUT2D eigenvalue weighted by Crippen LogP contribution is 2.27. The Morgan fingerprint density at radius 3 is 2.05 bits per heavy atom. The molecule has 0 amide bonds. The molecule has 0 spiro atoms. The molecular formula is C18H14O4. The van der Waals surface area contributed by atoms with Crippen molar-refractivity contribution in [1.29, 1.82) is 0 Å². The third-order valence-corrected chi connectivity index (χ3v) is 3.86.